The van der Waals surface area contributed by atoms with E-state index in [2.05, 4.69) is 5.16 Å². The van der Waals surface area contributed by atoms with Crippen molar-refractivity contribution in [3.8, 4) is 0 Å². The summed E-state index contributed by atoms with van der Waals surface area (Å²) in [5.74, 6) is -0.868. The zero-order valence-corrected chi connectivity index (χ0v) is 14.0. The van der Waals surface area contributed by atoms with Crippen LogP contribution in [0.2, 0.25) is 5.02 Å². The average Bonchev–Trinajstić information content (AvgIpc) is 2.79. The molecule has 0 radical (unpaired) electrons. The van der Waals surface area contributed by atoms with Gasteiger partial charge in [0.25, 0.3) is 5.91 Å². The Morgan fingerprint density at radius 2 is 1.92 bits per heavy atom. The van der Waals surface area contributed by atoms with Crippen molar-refractivity contribution in [3.05, 3.63) is 64.2 Å². The maximum absolute atomic E-state index is 12.7. The van der Waals surface area contributed by atoms with Crippen molar-refractivity contribution < 1.29 is 14.4 Å². The quantitative estimate of drug-likeness (QED) is 0.634. The standard InChI is InChI=1S/C18H15ClN2O3/c1-11-3-8-16-15(9-11)17(20-24-12(2)22)18(23)21(16)10-13-4-6-14(19)7-5-13/h3-9H,10H2,1-2H3. The minimum Gasteiger partial charge on any atom is -0.318 e. The monoisotopic (exact) mass is 342 g/mol. The number of benzene rings is 2. The van der Waals surface area contributed by atoms with E-state index in [9.17, 15) is 9.59 Å². The fourth-order valence-corrected chi connectivity index (χ4v) is 2.68. The summed E-state index contributed by atoms with van der Waals surface area (Å²) in [4.78, 5) is 30.1. The fourth-order valence-electron chi connectivity index (χ4n) is 2.55. The zero-order valence-electron chi connectivity index (χ0n) is 13.2. The molecule has 0 spiro atoms. The molecule has 1 amide bonds. The second-order valence-corrected chi connectivity index (χ2v) is 6.00. The van der Waals surface area contributed by atoms with Crippen LogP contribution in [-0.4, -0.2) is 17.6 Å². The predicted molar refractivity (Wildman–Crippen MR) is 92.1 cm³/mol. The molecule has 24 heavy (non-hydrogen) atoms. The molecule has 0 N–H and O–H groups in total. The lowest BCUT2D eigenvalue weighted by Gasteiger charge is -2.17. The summed E-state index contributed by atoms with van der Waals surface area (Å²) in [6, 6.07) is 12.9. The van der Waals surface area contributed by atoms with Crippen LogP contribution in [-0.2, 0) is 21.0 Å². The highest BCUT2D eigenvalue weighted by atomic mass is 35.5. The first-order valence-electron chi connectivity index (χ1n) is 7.38. The molecule has 0 fully saturated rings. The molecule has 122 valence electrons. The van der Waals surface area contributed by atoms with Gasteiger partial charge in [-0.3, -0.25) is 4.79 Å². The normalized spacial score (nSPS) is 14.9. The third kappa shape index (κ3) is 3.16. The lowest BCUT2D eigenvalue weighted by atomic mass is 10.1. The highest BCUT2D eigenvalue weighted by Gasteiger charge is 2.34. The molecule has 1 aliphatic rings. The van der Waals surface area contributed by atoms with Gasteiger partial charge in [-0.15, -0.1) is 0 Å². The van der Waals surface area contributed by atoms with E-state index >= 15 is 0 Å². The van der Waals surface area contributed by atoms with Crippen LogP contribution in [0.5, 0.6) is 0 Å². The largest absolute Gasteiger partial charge is 0.332 e. The van der Waals surface area contributed by atoms with Gasteiger partial charge in [-0.05, 0) is 36.8 Å². The lowest BCUT2D eigenvalue weighted by Crippen LogP contribution is -2.29. The molecule has 0 saturated heterocycles. The number of rotatable bonds is 3. The molecule has 1 heterocycles. The molecule has 0 bridgehead atoms. The van der Waals surface area contributed by atoms with Crippen LogP contribution in [0.4, 0.5) is 5.69 Å². The second kappa shape index (κ2) is 6.45. The van der Waals surface area contributed by atoms with Gasteiger partial charge in [-0.1, -0.05) is 40.5 Å². The van der Waals surface area contributed by atoms with E-state index in [1.54, 1.807) is 17.0 Å². The summed E-state index contributed by atoms with van der Waals surface area (Å²) < 4.78 is 0. The van der Waals surface area contributed by atoms with E-state index in [-0.39, 0.29) is 11.6 Å². The first-order chi connectivity index (χ1) is 11.5. The number of hydrogen-bond donors (Lipinski definition) is 0. The predicted octanol–water partition coefficient (Wildman–Crippen LogP) is 3.46. The number of nitrogens with zero attached hydrogens (tertiary/aromatic N) is 2. The molecule has 0 atom stereocenters. The van der Waals surface area contributed by atoms with Crippen LogP contribution in [0.1, 0.15) is 23.6 Å². The van der Waals surface area contributed by atoms with Gasteiger partial charge in [-0.2, -0.15) is 0 Å². The molecule has 0 unspecified atom stereocenters. The first-order valence-corrected chi connectivity index (χ1v) is 7.76. The molecule has 0 aromatic heterocycles. The molecule has 6 heteroatoms. The van der Waals surface area contributed by atoms with Crippen LogP contribution in [0.25, 0.3) is 0 Å². The SMILES string of the molecule is CC(=O)ON=C1C(=O)N(Cc2ccc(Cl)cc2)c2ccc(C)cc21. The Kier molecular flexibility index (Phi) is 4.36. The average molecular weight is 343 g/mol. The highest BCUT2D eigenvalue weighted by Crippen LogP contribution is 2.32. The van der Waals surface area contributed by atoms with Gasteiger partial charge >= 0.3 is 5.97 Å². The molecular weight excluding hydrogens is 328 g/mol. The van der Waals surface area contributed by atoms with Crippen LogP contribution in [0, 0.1) is 6.92 Å². The van der Waals surface area contributed by atoms with Crippen molar-refractivity contribution in [2.75, 3.05) is 4.90 Å². The molecule has 1 aliphatic heterocycles. The minimum absolute atomic E-state index is 0.137. The van der Waals surface area contributed by atoms with Crippen LogP contribution >= 0.6 is 11.6 Å². The maximum atomic E-state index is 12.7. The maximum Gasteiger partial charge on any atom is 0.332 e. The van der Waals surface area contributed by atoms with Gasteiger partial charge in [0.2, 0.25) is 0 Å². The van der Waals surface area contributed by atoms with Crippen molar-refractivity contribution >= 4 is 34.9 Å². The second-order valence-electron chi connectivity index (χ2n) is 5.56. The summed E-state index contributed by atoms with van der Waals surface area (Å²) in [5, 5.41) is 4.39. The Balaban J connectivity index is 1.99. The van der Waals surface area contributed by atoms with Crippen molar-refractivity contribution in [3.63, 3.8) is 0 Å². The van der Waals surface area contributed by atoms with Crippen LogP contribution in [0.3, 0.4) is 0 Å². The van der Waals surface area contributed by atoms with E-state index in [0.717, 1.165) is 16.8 Å². The summed E-state index contributed by atoms with van der Waals surface area (Å²) >= 11 is 5.90. The van der Waals surface area contributed by atoms with Crippen molar-refractivity contribution in [2.45, 2.75) is 20.4 Å². The zero-order chi connectivity index (χ0) is 17.3. The molecule has 2 aromatic rings. The third-order valence-electron chi connectivity index (χ3n) is 3.67. The fraction of sp³-hybridized carbons (Fsp3) is 0.167. The van der Waals surface area contributed by atoms with Crippen molar-refractivity contribution in [1.82, 2.24) is 0 Å². The smallest absolute Gasteiger partial charge is 0.318 e. The van der Waals surface area contributed by atoms with Gasteiger partial charge in [0.15, 0.2) is 5.71 Å². The third-order valence-corrected chi connectivity index (χ3v) is 3.92. The number of oxime groups is 1. The van der Waals surface area contributed by atoms with E-state index in [1.807, 2.05) is 37.3 Å². The summed E-state index contributed by atoms with van der Waals surface area (Å²) in [6.07, 6.45) is 0. The van der Waals surface area contributed by atoms with Crippen molar-refractivity contribution in [2.24, 2.45) is 5.16 Å². The summed E-state index contributed by atoms with van der Waals surface area (Å²) in [7, 11) is 0. The molecular formula is C18H15ClN2O3. The van der Waals surface area contributed by atoms with Crippen molar-refractivity contribution in [1.29, 1.82) is 0 Å². The van der Waals surface area contributed by atoms with E-state index in [1.165, 1.54) is 6.92 Å². The van der Waals surface area contributed by atoms with Gasteiger partial charge in [0, 0.05) is 17.5 Å². The number of amides is 1. The van der Waals surface area contributed by atoms with E-state index in [4.69, 9.17) is 16.4 Å². The molecule has 0 saturated carbocycles. The topological polar surface area (TPSA) is 59.0 Å². The van der Waals surface area contributed by atoms with Gasteiger partial charge < -0.3 is 9.74 Å². The van der Waals surface area contributed by atoms with E-state index in [0.29, 0.717) is 17.1 Å². The number of anilines is 1. The lowest BCUT2D eigenvalue weighted by molar-refractivity contribution is -0.140. The number of aryl methyl sites for hydroxylation is 1. The Labute approximate surface area is 144 Å². The summed E-state index contributed by atoms with van der Waals surface area (Å²) in [6.45, 7) is 3.55. The Morgan fingerprint density at radius 3 is 2.58 bits per heavy atom. The first kappa shape index (κ1) is 16.2. The number of carbonyl (C=O) groups is 2. The molecule has 5 nitrogen and oxygen atoms in total. The Bertz CT molecular complexity index is 844. The Hall–Kier alpha value is -2.66. The van der Waals surface area contributed by atoms with E-state index < -0.39 is 5.97 Å². The number of fused-ring (bicyclic) bond motifs is 1. The van der Waals surface area contributed by atoms with Gasteiger partial charge in [0.1, 0.15) is 0 Å². The number of halogens is 1. The molecule has 3 rings (SSSR count). The minimum atomic E-state index is -0.569. The van der Waals surface area contributed by atoms with Gasteiger partial charge in [0.05, 0.1) is 12.2 Å². The van der Waals surface area contributed by atoms with Gasteiger partial charge in [-0.25, -0.2) is 4.79 Å². The van der Waals surface area contributed by atoms with Crippen LogP contribution in [0.15, 0.2) is 47.6 Å². The molecule has 0 aliphatic carbocycles. The highest BCUT2D eigenvalue weighted by molar-refractivity contribution is 6.54. The summed E-state index contributed by atoms with van der Waals surface area (Å²) in [5.41, 5.74) is 3.47. The van der Waals surface area contributed by atoms with Crippen LogP contribution < -0.4 is 4.90 Å². The Morgan fingerprint density at radius 1 is 1.21 bits per heavy atom. The number of carbonyl (C=O) groups excluding carboxylic acids is 2. The molecule has 2 aromatic carbocycles. The number of hydrogen-bond acceptors (Lipinski definition) is 4.